The van der Waals surface area contributed by atoms with E-state index in [9.17, 15) is 5.11 Å². The third kappa shape index (κ3) is 2.45. The van der Waals surface area contributed by atoms with Gasteiger partial charge >= 0.3 is 0 Å². The van der Waals surface area contributed by atoms with Crippen LogP contribution in [0.3, 0.4) is 0 Å². The first-order valence-electron chi connectivity index (χ1n) is 5.52. The molecule has 0 aromatic heterocycles. The molecule has 2 rings (SSSR count). The minimum atomic E-state index is -0.238. The Morgan fingerprint density at radius 1 is 1.19 bits per heavy atom. The van der Waals surface area contributed by atoms with Gasteiger partial charge in [-0.1, -0.05) is 46.3 Å². The molecule has 16 heavy (non-hydrogen) atoms. The molecule has 0 fully saturated rings. The summed E-state index contributed by atoms with van der Waals surface area (Å²) in [4.78, 5) is 0. The van der Waals surface area contributed by atoms with Crippen LogP contribution in [-0.4, -0.2) is 11.2 Å². The molecule has 1 atom stereocenters. The summed E-state index contributed by atoms with van der Waals surface area (Å²) in [6, 6.07) is 12.6. The van der Waals surface area contributed by atoms with Gasteiger partial charge in [0.05, 0.1) is 6.10 Å². The van der Waals surface area contributed by atoms with Gasteiger partial charge in [-0.05, 0) is 42.2 Å². The van der Waals surface area contributed by atoms with Crippen molar-refractivity contribution < 1.29 is 5.11 Å². The molecule has 0 saturated carbocycles. The molecule has 84 valence electrons. The molecule has 0 aliphatic carbocycles. The molecule has 0 radical (unpaired) electrons. The van der Waals surface area contributed by atoms with Crippen LogP contribution in [0.4, 0.5) is 0 Å². The maximum atomic E-state index is 9.34. The number of aryl methyl sites for hydroxylation is 1. The zero-order valence-electron chi connectivity index (χ0n) is 9.28. The molecular weight excluding hydrogens is 264 g/mol. The zero-order chi connectivity index (χ0) is 11.5. The van der Waals surface area contributed by atoms with Gasteiger partial charge in [0.15, 0.2) is 0 Å². The van der Waals surface area contributed by atoms with Gasteiger partial charge in [0.2, 0.25) is 0 Å². The third-order valence-corrected chi connectivity index (χ3v) is 3.43. The van der Waals surface area contributed by atoms with Crippen LogP contribution in [0.25, 0.3) is 10.8 Å². The van der Waals surface area contributed by atoms with Gasteiger partial charge in [0.25, 0.3) is 0 Å². The van der Waals surface area contributed by atoms with Crippen LogP contribution < -0.4 is 0 Å². The first-order valence-corrected chi connectivity index (χ1v) is 6.32. The Balaban J connectivity index is 2.44. The van der Waals surface area contributed by atoms with Crippen LogP contribution in [0.15, 0.2) is 40.9 Å². The maximum Gasteiger partial charge on any atom is 0.0515 e. The van der Waals surface area contributed by atoms with E-state index in [0.717, 1.165) is 17.3 Å². The van der Waals surface area contributed by atoms with E-state index in [-0.39, 0.29) is 6.10 Å². The van der Waals surface area contributed by atoms with Crippen molar-refractivity contribution >= 4 is 26.7 Å². The molecule has 2 aromatic rings. The summed E-state index contributed by atoms with van der Waals surface area (Å²) in [5.74, 6) is 0. The highest BCUT2D eigenvalue weighted by atomic mass is 79.9. The summed E-state index contributed by atoms with van der Waals surface area (Å²) in [6.07, 6.45) is 1.48. The van der Waals surface area contributed by atoms with E-state index in [2.05, 4.69) is 46.3 Å². The molecule has 0 amide bonds. The summed E-state index contributed by atoms with van der Waals surface area (Å²) in [6.45, 7) is 1.83. The molecule has 2 aromatic carbocycles. The third-order valence-electron chi connectivity index (χ3n) is 2.77. The normalized spacial score (nSPS) is 12.9. The van der Waals surface area contributed by atoms with Gasteiger partial charge in [-0.15, -0.1) is 0 Å². The van der Waals surface area contributed by atoms with E-state index in [1.54, 1.807) is 0 Å². The molecule has 0 aliphatic heterocycles. The highest BCUT2D eigenvalue weighted by Gasteiger charge is 2.05. The molecule has 0 unspecified atom stereocenters. The fraction of sp³-hybridized carbons (Fsp3) is 0.286. The van der Waals surface area contributed by atoms with Crippen molar-refractivity contribution in [1.29, 1.82) is 0 Å². The highest BCUT2D eigenvalue weighted by molar-refractivity contribution is 9.10. The Hall–Kier alpha value is -0.860. The van der Waals surface area contributed by atoms with Crippen LogP contribution in [0.1, 0.15) is 18.9 Å². The smallest absolute Gasteiger partial charge is 0.0515 e. The molecule has 0 spiro atoms. The van der Waals surface area contributed by atoms with Crippen LogP contribution >= 0.6 is 15.9 Å². The Morgan fingerprint density at radius 3 is 2.56 bits per heavy atom. The lowest BCUT2D eigenvalue weighted by Crippen LogP contribution is -2.01. The number of fused-ring (bicyclic) bond motifs is 1. The lowest BCUT2D eigenvalue weighted by molar-refractivity contribution is 0.185. The van der Waals surface area contributed by atoms with Gasteiger partial charge < -0.3 is 5.11 Å². The molecule has 0 bridgehead atoms. The lowest BCUT2D eigenvalue weighted by atomic mass is 10.00. The van der Waals surface area contributed by atoms with Crippen LogP contribution in [-0.2, 0) is 6.42 Å². The first-order chi connectivity index (χ1) is 7.68. The molecule has 0 aliphatic rings. The molecule has 1 N–H and O–H groups in total. The topological polar surface area (TPSA) is 20.2 Å². The Morgan fingerprint density at radius 2 is 1.88 bits per heavy atom. The second kappa shape index (κ2) is 4.98. The SMILES string of the molecule is C[C@@H](O)CCc1cccc2cccc(Br)c12. The highest BCUT2D eigenvalue weighted by Crippen LogP contribution is 2.28. The van der Waals surface area contributed by atoms with Gasteiger partial charge in [-0.25, -0.2) is 0 Å². The molecule has 2 heteroatoms. The average molecular weight is 279 g/mol. The number of aliphatic hydroxyl groups is 1. The number of halogens is 1. The largest absolute Gasteiger partial charge is 0.393 e. The van der Waals surface area contributed by atoms with Crippen molar-refractivity contribution in [2.45, 2.75) is 25.9 Å². The number of hydrogen-bond donors (Lipinski definition) is 1. The zero-order valence-corrected chi connectivity index (χ0v) is 10.9. The number of aliphatic hydroxyl groups excluding tert-OH is 1. The predicted molar refractivity (Wildman–Crippen MR) is 71.6 cm³/mol. The first kappa shape index (κ1) is 11.6. The van der Waals surface area contributed by atoms with Crippen molar-refractivity contribution in [3.8, 4) is 0 Å². The fourth-order valence-corrected chi connectivity index (χ4v) is 2.58. The average Bonchev–Trinajstić information content (AvgIpc) is 2.26. The molecule has 0 saturated heterocycles. The van der Waals surface area contributed by atoms with Crippen molar-refractivity contribution in [1.82, 2.24) is 0 Å². The minimum absolute atomic E-state index is 0.238. The second-order valence-corrected chi connectivity index (χ2v) is 5.00. The standard InChI is InChI=1S/C14H15BrO/c1-10(16)8-9-12-5-2-4-11-6-3-7-13(15)14(11)12/h2-7,10,16H,8-9H2,1H3/t10-/m1/s1. The summed E-state index contributed by atoms with van der Waals surface area (Å²) >= 11 is 3.59. The number of benzene rings is 2. The van der Waals surface area contributed by atoms with E-state index < -0.39 is 0 Å². The van der Waals surface area contributed by atoms with E-state index in [1.165, 1.54) is 16.3 Å². The quantitative estimate of drug-likeness (QED) is 0.903. The summed E-state index contributed by atoms with van der Waals surface area (Å²) in [7, 11) is 0. The predicted octanol–water partition coefficient (Wildman–Crippen LogP) is 3.92. The molecular formula is C14H15BrO. The van der Waals surface area contributed by atoms with Crippen LogP contribution in [0.5, 0.6) is 0 Å². The van der Waals surface area contributed by atoms with Gasteiger partial charge in [0, 0.05) is 4.47 Å². The summed E-state index contributed by atoms with van der Waals surface area (Å²) in [5.41, 5.74) is 1.30. The Labute approximate surface area is 104 Å². The van der Waals surface area contributed by atoms with Crippen molar-refractivity contribution in [2.75, 3.05) is 0 Å². The van der Waals surface area contributed by atoms with Crippen LogP contribution in [0.2, 0.25) is 0 Å². The maximum absolute atomic E-state index is 9.34. The van der Waals surface area contributed by atoms with E-state index in [4.69, 9.17) is 0 Å². The van der Waals surface area contributed by atoms with Crippen molar-refractivity contribution in [2.24, 2.45) is 0 Å². The van der Waals surface area contributed by atoms with E-state index >= 15 is 0 Å². The van der Waals surface area contributed by atoms with Gasteiger partial charge in [0.1, 0.15) is 0 Å². The Kier molecular flexibility index (Phi) is 3.62. The number of hydrogen-bond acceptors (Lipinski definition) is 1. The summed E-state index contributed by atoms with van der Waals surface area (Å²) < 4.78 is 1.13. The van der Waals surface area contributed by atoms with Crippen LogP contribution in [0, 0.1) is 0 Å². The van der Waals surface area contributed by atoms with Gasteiger partial charge in [-0.3, -0.25) is 0 Å². The molecule has 1 nitrogen and oxygen atoms in total. The summed E-state index contributed by atoms with van der Waals surface area (Å²) in [5, 5.41) is 11.9. The minimum Gasteiger partial charge on any atom is -0.393 e. The van der Waals surface area contributed by atoms with E-state index in [1.807, 2.05) is 13.0 Å². The lowest BCUT2D eigenvalue weighted by Gasteiger charge is -2.09. The Bertz CT molecular complexity index is 486. The number of rotatable bonds is 3. The fourth-order valence-electron chi connectivity index (χ4n) is 1.94. The van der Waals surface area contributed by atoms with Crippen molar-refractivity contribution in [3.05, 3.63) is 46.4 Å². The monoisotopic (exact) mass is 278 g/mol. The van der Waals surface area contributed by atoms with Crippen molar-refractivity contribution in [3.63, 3.8) is 0 Å². The second-order valence-electron chi connectivity index (χ2n) is 4.14. The van der Waals surface area contributed by atoms with E-state index in [0.29, 0.717) is 0 Å². The molecule has 0 heterocycles. The van der Waals surface area contributed by atoms with Gasteiger partial charge in [-0.2, -0.15) is 0 Å².